The lowest BCUT2D eigenvalue weighted by Gasteiger charge is -2.19. The normalized spacial score (nSPS) is 12.2. The van der Waals surface area contributed by atoms with Crippen molar-refractivity contribution in [3.8, 4) is 11.6 Å². The van der Waals surface area contributed by atoms with Crippen LogP contribution in [-0.2, 0) is 18.4 Å². The Hall–Kier alpha value is -3.09. The Morgan fingerprint density at radius 2 is 1.93 bits per heavy atom. The maximum atomic E-state index is 5.30. The van der Waals surface area contributed by atoms with Crippen LogP contribution in [0.5, 0.6) is 0 Å². The summed E-state index contributed by atoms with van der Waals surface area (Å²) < 4.78 is 5.30. The standard InChI is InChI=1S/C21H28N6O/c1-21(2,3)16-9-7-15(8-10-16)11-12-23-20(22-4)24-14-18-25-19(27-26-18)17-6-5-13-28-17/h5-10,13H,11-12,14H2,1-4H3,(H2,22,23,24)(H,25,26,27). The zero-order valence-electron chi connectivity index (χ0n) is 16.9. The fourth-order valence-corrected chi connectivity index (χ4v) is 2.78. The van der Waals surface area contributed by atoms with E-state index in [9.17, 15) is 0 Å². The predicted molar refractivity (Wildman–Crippen MR) is 111 cm³/mol. The molecule has 0 saturated heterocycles. The molecule has 0 aliphatic rings. The fraction of sp³-hybridized carbons (Fsp3) is 0.381. The number of benzene rings is 1. The lowest BCUT2D eigenvalue weighted by molar-refractivity contribution is 0.577. The summed E-state index contributed by atoms with van der Waals surface area (Å²) in [6.45, 7) is 7.97. The molecule has 0 spiro atoms. The average molecular weight is 380 g/mol. The van der Waals surface area contributed by atoms with E-state index in [-0.39, 0.29) is 5.41 Å². The van der Waals surface area contributed by atoms with Crippen molar-refractivity contribution in [2.45, 2.75) is 39.2 Å². The third-order valence-electron chi connectivity index (χ3n) is 4.45. The number of aliphatic imine (C=N–C) groups is 1. The smallest absolute Gasteiger partial charge is 0.216 e. The molecule has 0 fully saturated rings. The van der Waals surface area contributed by atoms with Crippen molar-refractivity contribution < 1.29 is 4.42 Å². The van der Waals surface area contributed by atoms with Crippen LogP contribution in [0, 0.1) is 0 Å². The Balaban J connectivity index is 1.45. The topological polar surface area (TPSA) is 91.1 Å². The second kappa shape index (κ2) is 8.73. The molecular formula is C21H28N6O. The van der Waals surface area contributed by atoms with Gasteiger partial charge >= 0.3 is 0 Å². The van der Waals surface area contributed by atoms with Crippen molar-refractivity contribution in [1.82, 2.24) is 25.8 Å². The first-order chi connectivity index (χ1) is 13.5. The molecule has 0 radical (unpaired) electrons. The fourth-order valence-electron chi connectivity index (χ4n) is 2.78. The quantitative estimate of drug-likeness (QED) is 0.451. The summed E-state index contributed by atoms with van der Waals surface area (Å²) in [5, 5.41) is 13.6. The molecule has 28 heavy (non-hydrogen) atoms. The van der Waals surface area contributed by atoms with Crippen LogP contribution < -0.4 is 10.6 Å². The van der Waals surface area contributed by atoms with E-state index in [4.69, 9.17) is 4.42 Å². The molecule has 3 N–H and O–H groups in total. The van der Waals surface area contributed by atoms with Gasteiger partial charge in [-0.15, -0.1) is 5.10 Å². The van der Waals surface area contributed by atoms with Crippen molar-refractivity contribution in [2.24, 2.45) is 4.99 Å². The number of rotatable bonds is 6. The predicted octanol–water partition coefficient (Wildman–Crippen LogP) is 3.27. The van der Waals surface area contributed by atoms with E-state index in [1.807, 2.05) is 12.1 Å². The second-order valence-corrected chi connectivity index (χ2v) is 7.63. The van der Waals surface area contributed by atoms with Crippen molar-refractivity contribution in [2.75, 3.05) is 13.6 Å². The van der Waals surface area contributed by atoms with Crippen LogP contribution in [-0.4, -0.2) is 34.7 Å². The van der Waals surface area contributed by atoms with Crippen LogP contribution in [0.25, 0.3) is 11.6 Å². The first-order valence-corrected chi connectivity index (χ1v) is 9.45. The molecule has 3 aromatic rings. The van der Waals surface area contributed by atoms with E-state index in [1.54, 1.807) is 13.3 Å². The Bertz CT molecular complexity index is 888. The number of H-pyrrole nitrogens is 1. The van der Waals surface area contributed by atoms with E-state index in [1.165, 1.54) is 11.1 Å². The van der Waals surface area contributed by atoms with Gasteiger partial charge in [0.2, 0.25) is 5.82 Å². The van der Waals surface area contributed by atoms with Crippen molar-refractivity contribution in [3.63, 3.8) is 0 Å². The molecule has 148 valence electrons. The number of aromatic nitrogens is 3. The summed E-state index contributed by atoms with van der Waals surface area (Å²) in [6, 6.07) is 12.5. The van der Waals surface area contributed by atoms with Crippen LogP contribution >= 0.6 is 0 Å². The lowest BCUT2D eigenvalue weighted by atomic mass is 9.86. The van der Waals surface area contributed by atoms with Gasteiger partial charge in [-0.2, -0.15) is 0 Å². The van der Waals surface area contributed by atoms with Crippen LogP contribution in [0.15, 0.2) is 52.1 Å². The number of aromatic amines is 1. The number of hydrogen-bond donors (Lipinski definition) is 3. The molecule has 1 aromatic carbocycles. The number of guanidine groups is 1. The average Bonchev–Trinajstić information content (AvgIpc) is 3.35. The third-order valence-corrected chi connectivity index (χ3v) is 4.45. The minimum Gasteiger partial charge on any atom is -0.461 e. The van der Waals surface area contributed by atoms with Gasteiger partial charge in [-0.05, 0) is 35.1 Å². The number of hydrogen-bond acceptors (Lipinski definition) is 4. The highest BCUT2D eigenvalue weighted by Gasteiger charge is 2.12. The molecule has 3 rings (SSSR count). The van der Waals surface area contributed by atoms with E-state index >= 15 is 0 Å². The molecule has 2 heterocycles. The molecule has 0 atom stereocenters. The molecule has 0 aliphatic carbocycles. The molecule has 0 saturated carbocycles. The first kappa shape index (κ1) is 19.7. The Labute approximate surface area is 165 Å². The van der Waals surface area contributed by atoms with Crippen LogP contribution in [0.1, 0.15) is 37.7 Å². The first-order valence-electron chi connectivity index (χ1n) is 9.45. The summed E-state index contributed by atoms with van der Waals surface area (Å²) in [6.07, 6.45) is 2.53. The number of furan rings is 1. The van der Waals surface area contributed by atoms with E-state index < -0.39 is 0 Å². The van der Waals surface area contributed by atoms with Crippen molar-refractivity contribution in [3.05, 3.63) is 59.6 Å². The van der Waals surface area contributed by atoms with Gasteiger partial charge in [-0.25, -0.2) is 4.98 Å². The van der Waals surface area contributed by atoms with Crippen LogP contribution in [0.4, 0.5) is 0 Å². The molecule has 0 bridgehead atoms. The summed E-state index contributed by atoms with van der Waals surface area (Å²) >= 11 is 0. The molecule has 0 unspecified atom stereocenters. The third kappa shape index (κ3) is 5.22. The molecular weight excluding hydrogens is 352 g/mol. The molecule has 7 heteroatoms. The summed E-state index contributed by atoms with van der Waals surface area (Å²) in [4.78, 5) is 8.66. The van der Waals surface area contributed by atoms with Crippen molar-refractivity contribution in [1.29, 1.82) is 0 Å². The maximum absolute atomic E-state index is 5.30. The van der Waals surface area contributed by atoms with Gasteiger partial charge in [0.05, 0.1) is 12.8 Å². The van der Waals surface area contributed by atoms with Gasteiger partial charge in [-0.3, -0.25) is 10.1 Å². The van der Waals surface area contributed by atoms with Crippen LogP contribution in [0.2, 0.25) is 0 Å². The lowest BCUT2D eigenvalue weighted by Crippen LogP contribution is -2.38. The van der Waals surface area contributed by atoms with Gasteiger partial charge in [0.25, 0.3) is 0 Å². The van der Waals surface area contributed by atoms with Gasteiger partial charge in [0.1, 0.15) is 5.82 Å². The maximum Gasteiger partial charge on any atom is 0.216 e. The molecule has 7 nitrogen and oxygen atoms in total. The minimum absolute atomic E-state index is 0.181. The molecule has 0 aliphatic heterocycles. The zero-order valence-corrected chi connectivity index (χ0v) is 16.9. The van der Waals surface area contributed by atoms with Crippen LogP contribution in [0.3, 0.4) is 0 Å². The Morgan fingerprint density at radius 3 is 2.57 bits per heavy atom. The second-order valence-electron chi connectivity index (χ2n) is 7.63. The van der Waals surface area contributed by atoms with E-state index in [0.717, 1.165) is 18.9 Å². The molecule has 2 aromatic heterocycles. The van der Waals surface area contributed by atoms with E-state index in [2.05, 4.69) is 75.8 Å². The Morgan fingerprint density at radius 1 is 1.14 bits per heavy atom. The van der Waals surface area contributed by atoms with Gasteiger partial charge in [0, 0.05) is 13.6 Å². The Kier molecular flexibility index (Phi) is 6.13. The summed E-state index contributed by atoms with van der Waals surface area (Å²) in [5.74, 6) is 2.63. The van der Waals surface area contributed by atoms with Crippen molar-refractivity contribution >= 4 is 5.96 Å². The largest absolute Gasteiger partial charge is 0.461 e. The molecule has 0 amide bonds. The SMILES string of the molecule is CN=C(NCCc1ccc(C(C)(C)C)cc1)NCc1nc(-c2ccco2)n[nH]1. The van der Waals surface area contributed by atoms with Gasteiger partial charge < -0.3 is 15.1 Å². The van der Waals surface area contributed by atoms with Gasteiger partial charge in [0.15, 0.2) is 11.7 Å². The highest BCUT2D eigenvalue weighted by Crippen LogP contribution is 2.22. The highest BCUT2D eigenvalue weighted by atomic mass is 16.3. The summed E-state index contributed by atoms with van der Waals surface area (Å²) in [5.41, 5.74) is 2.83. The minimum atomic E-state index is 0.181. The number of nitrogens with zero attached hydrogens (tertiary/aromatic N) is 3. The van der Waals surface area contributed by atoms with Gasteiger partial charge in [-0.1, -0.05) is 45.0 Å². The monoisotopic (exact) mass is 380 g/mol. The number of nitrogens with one attached hydrogen (secondary N) is 3. The summed E-state index contributed by atoms with van der Waals surface area (Å²) in [7, 11) is 1.75. The zero-order chi connectivity index (χ0) is 20.0. The van der Waals surface area contributed by atoms with E-state index in [0.29, 0.717) is 24.0 Å². The highest BCUT2D eigenvalue weighted by molar-refractivity contribution is 5.79.